The van der Waals surface area contributed by atoms with Crippen LogP contribution in [-0.2, 0) is 16.6 Å². The zero-order valence-corrected chi connectivity index (χ0v) is 13.4. The first-order valence-electron chi connectivity index (χ1n) is 7.25. The molecule has 1 atom stereocenters. The second-order valence-corrected chi connectivity index (χ2v) is 5.63. The molecule has 1 aromatic heterocycles. The van der Waals surface area contributed by atoms with Crippen LogP contribution in [0.4, 0.5) is 0 Å². The van der Waals surface area contributed by atoms with Crippen LogP contribution < -0.4 is 4.74 Å². The van der Waals surface area contributed by atoms with Crippen molar-refractivity contribution in [1.29, 1.82) is 0 Å². The van der Waals surface area contributed by atoms with Crippen molar-refractivity contribution < 1.29 is 14.3 Å². The van der Waals surface area contributed by atoms with Crippen LogP contribution in [0.5, 0.6) is 5.75 Å². The average Bonchev–Trinajstić information content (AvgIpc) is 3.00. The van der Waals surface area contributed by atoms with E-state index in [9.17, 15) is 4.79 Å². The fraction of sp³-hybridized carbons (Fsp3) is 0.400. The third-order valence-electron chi connectivity index (χ3n) is 3.64. The third-order valence-corrected chi connectivity index (χ3v) is 3.95. The fourth-order valence-electron chi connectivity index (χ4n) is 2.41. The molecule has 23 heavy (non-hydrogen) atoms. The standard InChI is InChI=1S/C15H17ClN4O3/c1-19-10-17-18-15(19)13-8-20(6-7-22-13)14(21)9-23-12-5-3-2-4-11(12)16/h2-5,10,13H,6-9H2,1H3. The first kappa shape index (κ1) is 15.8. The van der Waals surface area contributed by atoms with Gasteiger partial charge >= 0.3 is 0 Å². The number of benzene rings is 1. The van der Waals surface area contributed by atoms with Crippen molar-refractivity contribution in [3.8, 4) is 5.75 Å². The lowest BCUT2D eigenvalue weighted by molar-refractivity contribution is -0.141. The van der Waals surface area contributed by atoms with E-state index < -0.39 is 0 Å². The maximum absolute atomic E-state index is 12.3. The summed E-state index contributed by atoms with van der Waals surface area (Å²) in [5.74, 6) is 1.09. The van der Waals surface area contributed by atoms with E-state index >= 15 is 0 Å². The van der Waals surface area contributed by atoms with Gasteiger partial charge in [-0.3, -0.25) is 4.79 Å². The summed E-state index contributed by atoms with van der Waals surface area (Å²) in [4.78, 5) is 14.1. The molecule has 1 unspecified atom stereocenters. The Morgan fingerprint density at radius 2 is 2.30 bits per heavy atom. The van der Waals surface area contributed by atoms with E-state index in [4.69, 9.17) is 21.1 Å². The number of aryl methyl sites for hydroxylation is 1. The van der Waals surface area contributed by atoms with Gasteiger partial charge < -0.3 is 18.9 Å². The Hall–Kier alpha value is -2.12. The molecule has 0 spiro atoms. The van der Waals surface area contributed by atoms with Gasteiger partial charge in [0.25, 0.3) is 5.91 Å². The molecule has 1 fully saturated rings. The third kappa shape index (κ3) is 3.62. The quantitative estimate of drug-likeness (QED) is 0.845. The highest BCUT2D eigenvalue weighted by Crippen LogP contribution is 2.24. The Balaban J connectivity index is 1.59. The summed E-state index contributed by atoms with van der Waals surface area (Å²) in [6, 6.07) is 7.08. The minimum atomic E-state index is -0.277. The first-order chi connectivity index (χ1) is 11.1. The predicted molar refractivity (Wildman–Crippen MR) is 83.2 cm³/mol. The van der Waals surface area contributed by atoms with Crippen LogP contribution in [0, 0.1) is 0 Å². The van der Waals surface area contributed by atoms with Crippen LogP contribution in [0.25, 0.3) is 0 Å². The first-order valence-corrected chi connectivity index (χ1v) is 7.63. The lowest BCUT2D eigenvalue weighted by atomic mass is 10.2. The number of para-hydroxylation sites is 1. The molecule has 0 aliphatic carbocycles. The smallest absolute Gasteiger partial charge is 0.260 e. The molecular weight excluding hydrogens is 320 g/mol. The fourth-order valence-corrected chi connectivity index (χ4v) is 2.60. The maximum atomic E-state index is 12.3. The number of carbonyl (C=O) groups is 1. The highest BCUT2D eigenvalue weighted by molar-refractivity contribution is 6.32. The maximum Gasteiger partial charge on any atom is 0.260 e. The van der Waals surface area contributed by atoms with E-state index in [-0.39, 0.29) is 18.6 Å². The van der Waals surface area contributed by atoms with E-state index in [1.165, 1.54) is 0 Å². The minimum Gasteiger partial charge on any atom is -0.482 e. The molecule has 2 aromatic rings. The van der Waals surface area contributed by atoms with Gasteiger partial charge in [0, 0.05) is 13.6 Å². The van der Waals surface area contributed by atoms with Crippen molar-refractivity contribution in [3.05, 3.63) is 41.4 Å². The molecule has 1 aliphatic rings. The highest BCUT2D eigenvalue weighted by Gasteiger charge is 2.28. The monoisotopic (exact) mass is 336 g/mol. The average molecular weight is 337 g/mol. The van der Waals surface area contributed by atoms with E-state index in [1.807, 2.05) is 19.2 Å². The Labute approximate surface area is 138 Å². The van der Waals surface area contributed by atoms with Crippen molar-refractivity contribution in [2.24, 2.45) is 7.05 Å². The van der Waals surface area contributed by atoms with Gasteiger partial charge in [-0.1, -0.05) is 23.7 Å². The molecule has 1 aromatic carbocycles. The van der Waals surface area contributed by atoms with Gasteiger partial charge in [0.2, 0.25) is 0 Å². The summed E-state index contributed by atoms with van der Waals surface area (Å²) in [5, 5.41) is 8.37. The van der Waals surface area contributed by atoms with Crippen molar-refractivity contribution >= 4 is 17.5 Å². The minimum absolute atomic E-state index is 0.0602. The van der Waals surface area contributed by atoms with Crippen LogP contribution in [-0.4, -0.2) is 51.9 Å². The van der Waals surface area contributed by atoms with Gasteiger partial charge in [0.05, 0.1) is 18.2 Å². The summed E-state index contributed by atoms with van der Waals surface area (Å²) < 4.78 is 13.0. The van der Waals surface area contributed by atoms with E-state index in [1.54, 1.807) is 27.9 Å². The number of amides is 1. The van der Waals surface area contributed by atoms with Crippen molar-refractivity contribution in [1.82, 2.24) is 19.7 Å². The number of aromatic nitrogens is 3. The molecule has 122 valence electrons. The lowest BCUT2D eigenvalue weighted by Gasteiger charge is -2.32. The van der Waals surface area contributed by atoms with Crippen molar-refractivity contribution in [2.45, 2.75) is 6.10 Å². The summed E-state index contributed by atoms with van der Waals surface area (Å²) in [7, 11) is 1.85. The molecule has 3 rings (SSSR count). The van der Waals surface area contributed by atoms with E-state index in [2.05, 4.69) is 10.2 Å². The Morgan fingerprint density at radius 3 is 3.04 bits per heavy atom. The van der Waals surface area contributed by atoms with Gasteiger partial charge in [-0.2, -0.15) is 0 Å². The second-order valence-electron chi connectivity index (χ2n) is 5.22. The summed E-state index contributed by atoms with van der Waals surface area (Å²) in [5.41, 5.74) is 0. The van der Waals surface area contributed by atoms with Crippen molar-refractivity contribution in [2.75, 3.05) is 26.3 Å². The summed E-state index contributed by atoms with van der Waals surface area (Å²) in [6.07, 6.45) is 1.33. The molecule has 0 saturated carbocycles. The van der Waals surface area contributed by atoms with Crippen molar-refractivity contribution in [3.63, 3.8) is 0 Å². The van der Waals surface area contributed by atoms with Gasteiger partial charge in [-0.05, 0) is 12.1 Å². The Kier molecular flexibility index (Phi) is 4.78. The predicted octanol–water partition coefficient (Wildman–Crippen LogP) is 1.45. The second kappa shape index (κ2) is 6.97. The van der Waals surface area contributed by atoms with Gasteiger partial charge in [0.15, 0.2) is 12.4 Å². The van der Waals surface area contributed by atoms with Gasteiger partial charge in [-0.25, -0.2) is 0 Å². The number of carbonyl (C=O) groups excluding carboxylic acids is 1. The van der Waals surface area contributed by atoms with Crippen LogP contribution in [0.1, 0.15) is 11.9 Å². The molecule has 1 amide bonds. The van der Waals surface area contributed by atoms with Crippen LogP contribution in [0.15, 0.2) is 30.6 Å². The zero-order valence-electron chi connectivity index (χ0n) is 12.7. The zero-order chi connectivity index (χ0) is 16.2. The SMILES string of the molecule is Cn1cnnc1C1CN(C(=O)COc2ccccc2Cl)CCO1. The number of hydrogen-bond acceptors (Lipinski definition) is 5. The summed E-state index contributed by atoms with van der Waals surface area (Å²) in [6.45, 7) is 1.35. The molecule has 7 nitrogen and oxygen atoms in total. The molecule has 1 aliphatic heterocycles. The molecular formula is C15H17ClN4O3. The van der Waals surface area contributed by atoms with E-state index in [0.717, 1.165) is 0 Å². The molecule has 0 N–H and O–H groups in total. The topological polar surface area (TPSA) is 69.5 Å². The van der Waals surface area contributed by atoms with Gasteiger partial charge in [0.1, 0.15) is 18.2 Å². The molecule has 1 saturated heterocycles. The molecule has 2 heterocycles. The van der Waals surface area contributed by atoms with Gasteiger partial charge in [-0.15, -0.1) is 10.2 Å². The number of ether oxygens (including phenoxy) is 2. The Bertz CT molecular complexity index is 691. The Morgan fingerprint density at radius 1 is 1.48 bits per heavy atom. The van der Waals surface area contributed by atoms with Crippen LogP contribution >= 0.6 is 11.6 Å². The number of morpholine rings is 1. The highest BCUT2D eigenvalue weighted by atomic mass is 35.5. The molecule has 0 bridgehead atoms. The number of halogens is 1. The number of hydrogen-bond donors (Lipinski definition) is 0. The van der Waals surface area contributed by atoms with Crippen LogP contribution in [0.3, 0.4) is 0 Å². The molecule has 8 heteroatoms. The number of rotatable bonds is 4. The normalized spacial score (nSPS) is 18.0. The largest absolute Gasteiger partial charge is 0.482 e. The summed E-state index contributed by atoms with van der Waals surface area (Å²) >= 11 is 6.01. The van der Waals surface area contributed by atoms with Crippen LogP contribution in [0.2, 0.25) is 5.02 Å². The molecule has 0 radical (unpaired) electrons. The number of nitrogens with zero attached hydrogens (tertiary/aromatic N) is 4. The lowest BCUT2D eigenvalue weighted by Crippen LogP contribution is -2.44. The van der Waals surface area contributed by atoms with E-state index in [0.29, 0.717) is 36.3 Å².